The summed E-state index contributed by atoms with van der Waals surface area (Å²) in [6.45, 7) is 8.49. The van der Waals surface area contributed by atoms with Crippen LogP contribution in [-0.4, -0.2) is 50.8 Å². The van der Waals surface area contributed by atoms with Crippen LogP contribution in [0.3, 0.4) is 0 Å². The molecule has 1 atom stereocenters. The summed E-state index contributed by atoms with van der Waals surface area (Å²) in [5.41, 5.74) is 5.07. The summed E-state index contributed by atoms with van der Waals surface area (Å²) in [5, 5.41) is 21.0. The number of nitrogens with zero attached hydrogens (tertiary/aromatic N) is 4. The molecule has 0 saturated carbocycles. The number of imidazole rings is 1. The Morgan fingerprint density at radius 2 is 1.70 bits per heavy atom. The minimum Gasteiger partial charge on any atom is -0.507 e. The van der Waals surface area contributed by atoms with E-state index in [2.05, 4.69) is 33.0 Å². The first-order valence-corrected chi connectivity index (χ1v) is 10.4. The summed E-state index contributed by atoms with van der Waals surface area (Å²) in [7, 11) is 1.90. The number of aromatic nitrogens is 2. The molecule has 2 aromatic carbocycles. The van der Waals surface area contributed by atoms with E-state index in [1.807, 2.05) is 49.9 Å². The third-order valence-electron chi connectivity index (χ3n) is 6.00. The Morgan fingerprint density at radius 1 is 1.03 bits per heavy atom. The lowest BCUT2D eigenvalue weighted by molar-refractivity contribution is 0.205. The van der Waals surface area contributed by atoms with E-state index in [-0.39, 0.29) is 0 Å². The van der Waals surface area contributed by atoms with E-state index in [1.54, 1.807) is 6.20 Å². The number of anilines is 1. The van der Waals surface area contributed by atoms with Crippen LogP contribution in [0.25, 0.3) is 0 Å². The minimum atomic E-state index is -0.748. The molecule has 4 rings (SSSR count). The first-order chi connectivity index (χ1) is 14.4. The van der Waals surface area contributed by atoms with Gasteiger partial charge in [0.15, 0.2) is 0 Å². The van der Waals surface area contributed by atoms with Crippen molar-refractivity contribution in [2.24, 2.45) is 7.05 Å². The van der Waals surface area contributed by atoms with E-state index < -0.39 is 6.10 Å². The number of phenolic OH excluding ortho intramolecular Hbond substituents is 1. The quantitative estimate of drug-likeness (QED) is 0.682. The minimum absolute atomic E-state index is 0.395. The summed E-state index contributed by atoms with van der Waals surface area (Å²) in [6, 6.07) is 12.2. The van der Waals surface area contributed by atoms with Crippen molar-refractivity contribution in [1.29, 1.82) is 0 Å². The molecule has 30 heavy (non-hydrogen) atoms. The largest absolute Gasteiger partial charge is 0.507 e. The highest BCUT2D eigenvalue weighted by atomic mass is 16.3. The predicted octanol–water partition coefficient (Wildman–Crippen LogP) is 3.15. The molecule has 2 N–H and O–H groups in total. The Bertz CT molecular complexity index is 999. The van der Waals surface area contributed by atoms with Crippen molar-refractivity contribution in [3.63, 3.8) is 0 Å². The van der Waals surface area contributed by atoms with Gasteiger partial charge in [-0.25, -0.2) is 4.98 Å². The Kier molecular flexibility index (Phi) is 5.79. The molecule has 0 aliphatic carbocycles. The number of para-hydroxylation sites is 1. The van der Waals surface area contributed by atoms with Crippen LogP contribution in [0.15, 0.2) is 48.8 Å². The van der Waals surface area contributed by atoms with Gasteiger partial charge in [-0.05, 0) is 36.6 Å². The number of rotatable bonds is 5. The van der Waals surface area contributed by atoms with E-state index in [0.29, 0.717) is 11.6 Å². The molecule has 0 amide bonds. The van der Waals surface area contributed by atoms with E-state index >= 15 is 0 Å². The van der Waals surface area contributed by atoms with Gasteiger partial charge < -0.3 is 19.7 Å². The fraction of sp³-hybridized carbons (Fsp3) is 0.375. The number of benzene rings is 2. The number of aliphatic hydroxyl groups excluding tert-OH is 1. The molecule has 1 fully saturated rings. The Hall–Kier alpha value is -2.83. The first kappa shape index (κ1) is 20.4. The normalized spacial score (nSPS) is 16.1. The zero-order chi connectivity index (χ0) is 21.3. The van der Waals surface area contributed by atoms with Crippen LogP contribution in [0.1, 0.15) is 34.2 Å². The molecule has 1 aliphatic rings. The summed E-state index contributed by atoms with van der Waals surface area (Å²) >= 11 is 0. The number of piperazine rings is 1. The van der Waals surface area contributed by atoms with E-state index in [1.165, 1.54) is 5.56 Å². The van der Waals surface area contributed by atoms with Crippen LogP contribution in [0.5, 0.6) is 5.75 Å². The van der Waals surface area contributed by atoms with Crippen LogP contribution in [0.2, 0.25) is 0 Å². The van der Waals surface area contributed by atoms with Crippen LogP contribution < -0.4 is 4.90 Å². The molecule has 1 saturated heterocycles. The summed E-state index contributed by atoms with van der Waals surface area (Å²) in [5.74, 6) is 1.05. The van der Waals surface area contributed by atoms with Gasteiger partial charge in [-0.1, -0.05) is 30.3 Å². The maximum Gasteiger partial charge on any atom is 0.142 e. The number of aromatic hydroxyl groups is 1. The fourth-order valence-corrected chi connectivity index (χ4v) is 4.33. The van der Waals surface area contributed by atoms with Crippen molar-refractivity contribution in [3.05, 3.63) is 76.9 Å². The zero-order valence-corrected chi connectivity index (χ0v) is 17.9. The van der Waals surface area contributed by atoms with Crippen molar-refractivity contribution in [1.82, 2.24) is 14.5 Å². The van der Waals surface area contributed by atoms with Gasteiger partial charge >= 0.3 is 0 Å². The van der Waals surface area contributed by atoms with Crippen molar-refractivity contribution in [2.75, 3.05) is 31.1 Å². The van der Waals surface area contributed by atoms with Gasteiger partial charge in [-0.2, -0.15) is 0 Å². The molecule has 158 valence electrons. The first-order valence-electron chi connectivity index (χ1n) is 10.4. The summed E-state index contributed by atoms with van der Waals surface area (Å²) in [4.78, 5) is 9.12. The second-order valence-electron chi connectivity index (χ2n) is 8.20. The van der Waals surface area contributed by atoms with E-state index in [4.69, 9.17) is 0 Å². The van der Waals surface area contributed by atoms with Crippen LogP contribution >= 0.6 is 0 Å². The summed E-state index contributed by atoms with van der Waals surface area (Å²) in [6.07, 6.45) is 2.82. The lowest BCUT2D eigenvalue weighted by Crippen LogP contribution is -2.46. The topological polar surface area (TPSA) is 64.8 Å². The molecular formula is C24H30N4O2. The Morgan fingerprint density at radius 3 is 2.33 bits per heavy atom. The second kappa shape index (κ2) is 8.50. The molecule has 1 aliphatic heterocycles. The highest BCUT2D eigenvalue weighted by Crippen LogP contribution is 2.31. The summed E-state index contributed by atoms with van der Waals surface area (Å²) < 4.78 is 1.86. The molecule has 0 spiro atoms. The lowest BCUT2D eigenvalue weighted by atomic mass is 10.0. The van der Waals surface area contributed by atoms with Crippen molar-refractivity contribution >= 4 is 5.69 Å². The highest BCUT2D eigenvalue weighted by molar-refractivity contribution is 5.56. The fourth-order valence-electron chi connectivity index (χ4n) is 4.33. The monoisotopic (exact) mass is 406 g/mol. The Balaban J connectivity index is 1.45. The standard InChI is InChI=1S/C24H30N4O2/c1-17-14-19(15-18(2)22(17)29)16-27-10-12-28(13-11-27)21-7-5-4-6-20(21)23(30)24-25-8-9-26(24)3/h4-9,14-15,23,29-30H,10-13,16H2,1-3H3/t23-/m1/s1. The number of aliphatic hydroxyl groups is 1. The van der Waals surface area contributed by atoms with Gasteiger partial charge in [0.2, 0.25) is 0 Å². The number of aryl methyl sites for hydroxylation is 3. The molecule has 1 aromatic heterocycles. The lowest BCUT2D eigenvalue weighted by Gasteiger charge is -2.37. The average Bonchev–Trinajstić information content (AvgIpc) is 3.18. The zero-order valence-electron chi connectivity index (χ0n) is 17.9. The molecule has 6 heteroatoms. The second-order valence-corrected chi connectivity index (χ2v) is 8.20. The van der Waals surface area contributed by atoms with E-state index in [0.717, 1.165) is 55.1 Å². The van der Waals surface area contributed by atoms with Crippen LogP contribution in [0, 0.1) is 13.8 Å². The van der Waals surface area contributed by atoms with Gasteiger partial charge in [0.25, 0.3) is 0 Å². The molecule has 0 bridgehead atoms. The SMILES string of the molecule is Cc1cc(CN2CCN(c3ccccc3[C@@H](O)c3nccn3C)CC2)cc(C)c1O. The maximum absolute atomic E-state index is 11.0. The maximum atomic E-state index is 11.0. The van der Waals surface area contributed by atoms with E-state index in [9.17, 15) is 10.2 Å². The Labute approximate surface area is 178 Å². The van der Waals surface area contributed by atoms with Crippen molar-refractivity contribution < 1.29 is 10.2 Å². The molecule has 2 heterocycles. The smallest absolute Gasteiger partial charge is 0.142 e. The van der Waals surface area contributed by atoms with Crippen molar-refractivity contribution in [2.45, 2.75) is 26.5 Å². The van der Waals surface area contributed by atoms with Gasteiger partial charge in [0.05, 0.1) is 0 Å². The molecule has 3 aromatic rings. The van der Waals surface area contributed by atoms with Crippen LogP contribution in [0.4, 0.5) is 5.69 Å². The number of phenols is 1. The van der Waals surface area contributed by atoms with Gasteiger partial charge in [0, 0.05) is 63.4 Å². The van der Waals surface area contributed by atoms with Crippen molar-refractivity contribution in [3.8, 4) is 5.75 Å². The van der Waals surface area contributed by atoms with Gasteiger partial charge in [0.1, 0.15) is 17.7 Å². The molecule has 0 unspecified atom stereocenters. The third kappa shape index (κ3) is 4.06. The predicted molar refractivity (Wildman–Crippen MR) is 119 cm³/mol. The molecule has 6 nitrogen and oxygen atoms in total. The highest BCUT2D eigenvalue weighted by Gasteiger charge is 2.24. The van der Waals surface area contributed by atoms with Crippen LogP contribution in [-0.2, 0) is 13.6 Å². The van der Waals surface area contributed by atoms with Gasteiger partial charge in [-0.15, -0.1) is 0 Å². The molecule has 0 radical (unpaired) electrons. The number of hydrogen-bond donors (Lipinski definition) is 2. The third-order valence-corrected chi connectivity index (χ3v) is 6.00. The average molecular weight is 407 g/mol. The van der Waals surface area contributed by atoms with Gasteiger partial charge in [-0.3, -0.25) is 4.90 Å². The number of hydrogen-bond acceptors (Lipinski definition) is 5. The molecular weight excluding hydrogens is 376 g/mol.